The minimum absolute atomic E-state index is 0.283. The molecule has 0 aromatic heterocycles. The Kier molecular flexibility index (Phi) is 7.39. The summed E-state index contributed by atoms with van der Waals surface area (Å²) in [6, 6.07) is 19.8. The Morgan fingerprint density at radius 3 is 2.28 bits per heavy atom. The van der Waals surface area contributed by atoms with Crippen molar-refractivity contribution in [3.63, 3.8) is 0 Å². The van der Waals surface area contributed by atoms with E-state index in [-0.39, 0.29) is 12.7 Å². The molecule has 0 radical (unpaired) electrons. The molecule has 1 fully saturated rings. The van der Waals surface area contributed by atoms with Crippen molar-refractivity contribution < 1.29 is 23.7 Å². The number of hydrogen-bond donors (Lipinski definition) is 1. The average molecular weight is 399 g/mol. The van der Waals surface area contributed by atoms with Crippen LogP contribution in [0.15, 0.2) is 60.7 Å². The van der Waals surface area contributed by atoms with Gasteiger partial charge in [0.2, 0.25) is 0 Å². The lowest BCUT2D eigenvalue weighted by molar-refractivity contribution is -0.178. The first-order chi connectivity index (χ1) is 14.0. The number of esters is 1. The normalized spacial score (nSPS) is 21.6. The van der Waals surface area contributed by atoms with Crippen LogP contribution >= 0.6 is 0 Å². The van der Waals surface area contributed by atoms with Gasteiger partial charge in [-0.3, -0.25) is 0 Å². The molecule has 1 aliphatic heterocycles. The van der Waals surface area contributed by atoms with Gasteiger partial charge in [-0.1, -0.05) is 60.7 Å². The second-order valence-corrected chi connectivity index (χ2v) is 7.50. The summed E-state index contributed by atoms with van der Waals surface area (Å²) in [6.45, 7) is 5.17. The van der Waals surface area contributed by atoms with Crippen LogP contribution in [-0.2, 0) is 36.9 Å². The molecule has 0 amide bonds. The summed E-state index contributed by atoms with van der Waals surface area (Å²) >= 11 is 0. The average Bonchev–Trinajstić information content (AvgIpc) is 3.03. The third-order valence-corrected chi connectivity index (χ3v) is 4.74. The second kappa shape index (κ2) is 9.98. The maximum atomic E-state index is 12.5. The summed E-state index contributed by atoms with van der Waals surface area (Å²) in [5.74, 6) is -1.29. The van der Waals surface area contributed by atoms with Crippen LogP contribution in [0.1, 0.15) is 25.0 Å². The molecule has 1 N–H and O–H groups in total. The van der Waals surface area contributed by atoms with Crippen molar-refractivity contribution >= 4 is 5.97 Å². The molecule has 6 nitrogen and oxygen atoms in total. The van der Waals surface area contributed by atoms with Crippen LogP contribution in [0, 0.1) is 0 Å². The highest BCUT2D eigenvalue weighted by Gasteiger charge is 2.48. The van der Waals surface area contributed by atoms with Crippen molar-refractivity contribution in [3.05, 3.63) is 71.8 Å². The number of carbonyl (C=O) groups is 1. The van der Waals surface area contributed by atoms with Gasteiger partial charge >= 0.3 is 5.97 Å². The smallest absolute Gasteiger partial charge is 0.337 e. The van der Waals surface area contributed by atoms with Gasteiger partial charge in [-0.25, -0.2) is 4.79 Å². The summed E-state index contributed by atoms with van der Waals surface area (Å²) in [6.07, 6.45) is -1.82. The molecule has 29 heavy (non-hydrogen) atoms. The summed E-state index contributed by atoms with van der Waals surface area (Å²) in [4.78, 5) is 12.5. The quantitative estimate of drug-likeness (QED) is 0.654. The first-order valence-electron chi connectivity index (χ1n) is 9.82. The molecule has 2 aromatic rings. The maximum absolute atomic E-state index is 12.5. The summed E-state index contributed by atoms with van der Waals surface area (Å²) in [7, 11) is 1.35. The SMILES string of the molecule is COC(=O)[C@H](OCc1ccccc1)[C@H]1OC(C)(C)O[C@@H]1CNCc1ccccc1. The van der Waals surface area contributed by atoms with E-state index >= 15 is 0 Å². The van der Waals surface area contributed by atoms with E-state index in [1.807, 2.05) is 62.4 Å². The molecule has 156 valence electrons. The Morgan fingerprint density at radius 1 is 1.03 bits per heavy atom. The number of hydrogen-bond acceptors (Lipinski definition) is 6. The van der Waals surface area contributed by atoms with Gasteiger partial charge in [-0.05, 0) is 25.0 Å². The Labute approximate surface area is 172 Å². The molecule has 2 aromatic carbocycles. The lowest BCUT2D eigenvalue weighted by Gasteiger charge is -2.25. The molecule has 1 heterocycles. The second-order valence-electron chi connectivity index (χ2n) is 7.50. The van der Waals surface area contributed by atoms with Gasteiger partial charge < -0.3 is 24.3 Å². The van der Waals surface area contributed by atoms with Crippen LogP contribution in [0.5, 0.6) is 0 Å². The zero-order valence-electron chi connectivity index (χ0n) is 17.2. The number of methoxy groups -OCH3 is 1. The zero-order chi connectivity index (χ0) is 20.7. The van der Waals surface area contributed by atoms with Crippen LogP contribution < -0.4 is 5.32 Å². The summed E-state index contributed by atoms with van der Waals surface area (Å²) in [5, 5.41) is 3.38. The van der Waals surface area contributed by atoms with E-state index in [0.717, 1.165) is 5.56 Å². The topological polar surface area (TPSA) is 66.0 Å². The highest BCUT2D eigenvalue weighted by molar-refractivity contribution is 5.75. The van der Waals surface area contributed by atoms with Crippen LogP contribution in [0.3, 0.4) is 0 Å². The third kappa shape index (κ3) is 6.11. The molecule has 0 saturated carbocycles. The molecule has 1 saturated heterocycles. The van der Waals surface area contributed by atoms with Crippen LogP contribution in [0.25, 0.3) is 0 Å². The Morgan fingerprint density at radius 2 is 1.66 bits per heavy atom. The first kappa shape index (κ1) is 21.5. The van der Waals surface area contributed by atoms with E-state index in [9.17, 15) is 4.79 Å². The predicted molar refractivity (Wildman–Crippen MR) is 109 cm³/mol. The van der Waals surface area contributed by atoms with Gasteiger partial charge in [0.25, 0.3) is 0 Å². The summed E-state index contributed by atoms with van der Waals surface area (Å²) < 4.78 is 23.0. The standard InChI is InChI=1S/C23H29NO5/c1-23(2)28-19(15-24-14-17-10-6-4-7-11-17)20(29-23)21(22(25)26-3)27-16-18-12-8-5-9-13-18/h4-13,19-21,24H,14-16H2,1-3H3/t19-,20+,21-/m1/s1. The fourth-order valence-corrected chi connectivity index (χ4v) is 3.41. The first-order valence-corrected chi connectivity index (χ1v) is 9.82. The third-order valence-electron chi connectivity index (χ3n) is 4.74. The van der Waals surface area contributed by atoms with Crippen LogP contribution in [0.2, 0.25) is 0 Å². The molecule has 3 rings (SSSR count). The Hall–Kier alpha value is -2.25. The van der Waals surface area contributed by atoms with Gasteiger partial charge in [0, 0.05) is 13.1 Å². The van der Waals surface area contributed by atoms with Crippen molar-refractivity contribution in [3.8, 4) is 0 Å². The van der Waals surface area contributed by atoms with Gasteiger partial charge in [0.05, 0.1) is 13.7 Å². The Balaban J connectivity index is 1.66. The van der Waals surface area contributed by atoms with Gasteiger partial charge in [0.1, 0.15) is 12.2 Å². The summed E-state index contributed by atoms with van der Waals surface area (Å²) in [5.41, 5.74) is 2.14. The van der Waals surface area contributed by atoms with E-state index in [0.29, 0.717) is 13.1 Å². The lowest BCUT2D eigenvalue weighted by Crippen LogP contribution is -2.46. The largest absolute Gasteiger partial charge is 0.467 e. The number of nitrogens with one attached hydrogen (secondary N) is 1. The molecule has 1 aliphatic rings. The van der Waals surface area contributed by atoms with Crippen molar-refractivity contribution in [2.24, 2.45) is 0 Å². The molecule has 0 unspecified atom stereocenters. The fraction of sp³-hybridized carbons (Fsp3) is 0.435. The van der Waals surface area contributed by atoms with Crippen molar-refractivity contribution in [2.75, 3.05) is 13.7 Å². The molecular formula is C23H29NO5. The number of carbonyl (C=O) groups excluding carboxylic acids is 1. The van der Waals surface area contributed by atoms with Crippen molar-refractivity contribution in [2.45, 2.75) is 51.1 Å². The molecule has 0 bridgehead atoms. The molecule has 6 heteroatoms. The monoisotopic (exact) mass is 399 g/mol. The number of benzene rings is 2. The fourth-order valence-electron chi connectivity index (χ4n) is 3.41. The maximum Gasteiger partial charge on any atom is 0.337 e. The Bertz CT molecular complexity index is 765. The van der Waals surface area contributed by atoms with E-state index in [2.05, 4.69) is 17.4 Å². The predicted octanol–water partition coefficient (Wildman–Crippen LogP) is 3.05. The van der Waals surface area contributed by atoms with E-state index < -0.39 is 24.0 Å². The van der Waals surface area contributed by atoms with Crippen molar-refractivity contribution in [1.29, 1.82) is 0 Å². The number of ether oxygens (including phenoxy) is 4. The van der Waals surface area contributed by atoms with Crippen LogP contribution in [0.4, 0.5) is 0 Å². The van der Waals surface area contributed by atoms with Gasteiger partial charge in [-0.2, -0.15) is 0 Å². The molecular weight excluding hydrogens is 370 g/mol. The minimum Gasteiger partial charge on any atom is -0.467 e. The van der Waals surface area contributed by atoms with Gasteiger partial charge in [0.15, 0.2) is 11.9 Å². The molecule has 3 atom stereocenters. The van der Waals surface area contributed by atoms with Crippen molar-refractivity contribution in [1.82, 2.24) is 5.32 Å². The zero-order valence-corrected chi connectivity index (χ0v) is 17.2. The van der Waals surface area contributed by atoms with E-state index in [1.54, 1.807) is 0 Å². The van der Waals surface area contributed by atoms with Crippen LogP contribution in [-0.4, -0.2) is 43.7 Å². The highest BCUT2D eigenvalue weighted by atomic mass is 16.8. The highest BCUT2D eigenvalue weighted by Crippen LogP contribution is 2.31. The number of rotatable bonds is 9. The molecule has 0 spiro atoms. The van der Waals surface area contributed by atoms with E-state index in [4.69, 9.17) is 18.9 Å². The molecule has 0 aliphatic carbocycles. The van der Waals surface area contributed by atoms with Gasteiger partial charge in [-0.15, -0.1) is 0 Å². The lowest BCUT2D eigenvalue weighted by atomic mass is 10.1. The minimum atomic E-state index is -0.884. The van der Waals surface area contributed by atoms with E-state index in [1.165, 1.54) is 12.7 Å².